The molecule has 4 heterocycles. The second kappa shape index (κ2) is 8.42. The summed E-state index contributed by atoms with van der Waals surface area (Å²) in [6.45, 7) is 1.50. The van der Waals surface area contributed by atoms with Gasteiger partial charge in [-0.3, -0.25) is 19.7 Å². The van der Waals surface area contributed by atoms with Gasteiger partial charge in [0.05, 0.1) is 41.0 Å². The molecule has 0 unspecified atom stereocenters. The molecule has 0 spiro atoms. The summed E-state index contributed by atoms with van der Waals surface area (Å²) in [5.74, 6) is 0.511. The molecule has 1 saturated heterocycles. The van der Waals surface area contributed by atoms with E-state index < -0.39 is 30.2 Å². The lowest BCUT2D eigenvalue weighted by Gasteiger charge is -2.19. The molecule has 1 aliphatic rings. The molecule has 0 radical (unpaired) electrons. The number of aryl methyl sites for hydroxylation is 1. The van der Waals surface area contributed by atoms with Crippen molar-refractivity contribution in [2.75, 3.05) is 16.3 Å². The maximum Gasteiger partial charge on any atom is 0.417 e. The average Bonchev–Trinajstić information content (AvgIpc) is 3.43. The number of nitrogens with zero attached hydrogens (tertiary/aromatic N) is 4. The molecule has 11 heteroatoms. The molecule has 1 aliphatic heterocycles. The van der Waals surface area contributed by atoms with Gasteiger partial charge in [0.25, 0.3) is 5.91 Å². The number of halogens is 3. The molecular formula is C24H18F3N5O3. The Balaban J connectivity index is 1.44. The topological polar surface area (TPSA) is 91.4 Å². The number of aromatic nitrogens is 3. The number of benzene rings is 1. The number of rotatable bonds is 5. The molecule has 0 bridgehead atoms. The van der Waals surface area contributed by atoms with Crippen molar-refractivity contribution in [2.45, 2.75) is 19.5 Å². The van der Waals surface area contributed by atoms with Crippen molar-refractivity contribution in [3.63, 3.8) is 0 Å². The maximum absolute atomic E-state index is 13.1. The zero-order valence-corrected chi connectivity index (χ0v) is 18.3. The van der Waals surface area contributed by atoms with Gasteiger partial charge in [-0.05, 0) is 42.3 Å². The fraction of sp³-hybridized carbons (Fsp3) is 0.167. The van der Waals surface area contributed by atoms with Gasteiger partial charge >= 0.3 is 12.2 Å². The monoisotopic (exact) mass is 481 g/mol. The molecule has 0 atom stereocenters. The van der Waals surface area contributed by atoms with Crippen LogP contribution >= 0.6 is 0 Å². The van der Waals surface area contributed by atoms with E-state index in [0.29, 0.717) is 29.8 Å². The summed E-state index contributed by atoms with van der Waals surface area (Å²) < 4.78 is 45.3. The number of aromatic amines is 1. The number of H-pyrrole nitrogens is 1. The summed E-state index contributed by atoms with van der Waals surface area (Å²) in [5, 5.41) is 0.848. The Morgan fingerprint density at radius 2 is 1.80 bits per heavy atom. The van der Waals surface area contributed by atoms with Crippen molar-refractivity contribution < 1.29 is 27.5 Å². The zero-order chi connectivity index (χ0) is 24.7. The third-order valence-electron chi connectivity index (χ3n) is 5.67. The van der Waals surface area contributed by atoms with Crippen LogP contribution < -0.4 is 14.5 Å². The molecule has 1 N–H and O–H groups in total. The molecule has 5 rings (SSSR count). The zero-order valence-electron chi connectivity index (χ0n) is 18.3. The number of alkyl halides is 3. The number of carbonyl (C=O) groups excluding carboxylic acids is 2. The number of hydrogen-bond acceptors (Lipinski definition) is 5. The van der Waals surface area contributed by atoms with Crippen LogP contribution in [0.2, 0.25) is 0 Å². The molecule has 4 aromatic rings. The lowest BCUT2D eigenvalue weighted by Crippen LogP contribution is -2.33. The van der Waals surface area contributed by atoms with Crippen LogP contribution in [0.25, 0.3) is 10.9 Å². The number of hydrogen-bond donors (Lipinski definition) is 1. The first-order chi connectivity index (χ1) is 16.8. The second-order valence-corrected chi connectivity index (χ2v) is 7.85. The van der Waals surface area contributed by atoms with E-state index in [0.717, 1.165) is 38.5 Å². The molecule has 1 aromatic carbocycles. The van der Waals surface area contributed by atoms with E-state index in [9.17, 15) is 22.8 Å². The second-order valence-electron chi connectivity index (χ2n) is 7.85. The number of imide groups is 1. The first kappa shape index (κ1) is 22.4. The molecule has 1 fully saturated rings. The van der Waals surface area contributed by atoms with Crippen molar-refractivity contribution in [3.05, 3.63) is 72.4 Å². The average molecular weight is 481 g/mol. The van der Waals surface area contributed by atoms with Crippen molar-refractivity contribution in [2.24, 2.45) is 0 Å². The third-order valence-corrected chi connectivity index (χ3v) is 5.67. The van der Waals surface area contributed by atoms with Crippen LogP contribution in [-0.4, -0.2) is 33.4 Å². The number of carbonyl (C=O) groups is 2. The van der Waals surface area contributed by atoms with Gasteiger partial charge in [0.2, 0.25) is 0 Å². The number of urea groups is 1. The summed E-state index contributed by atoms with van der Waals surface area (Å²) in [6.07, 6.45) is 2.76. The minimum absolute atomic E-state index is 0.108. The molecule has 0 saturated carbocycles. The Bertz CT molecular complexity index is 1450. The molecule has 178 valence electrons. The molecule has 3 amide bonds. The summed E-state index contributed by atoms with van der Waals surface area (Å²) in [4.78, 5) is 38.5. The number of amides is 3. The van der Waals surface area contributed by atoms with E-state index >= 15 is 0 Å². The molecule has 3 aromatic heterocycles. The Labute approximate surface area is 197 Å². The minimum atomic E-state index is -4.62. The summed E-state index contributed by atoms with van der Waals surface area (Å²) in [6, 6.07) is 6.77. The van der Waals surface area contributed by atoms with Gasteiger partial charge in [0.1, 0.15) is 12.3 Å². The van der Waals surface area contributed by atoms with Crippen LogP contribution in [0.3, 0.4) is 0 Å². The van der Waals surface area contributed by atoms with Gasteiger partial charge in [0.15, 0.2) is 5.75 Å². The van der Waals surface area contributed by atoms with E-state index in [4.69, 9.17) is 4.74 Å². The minimum Gasteiger partial charge on any atom is -0.455 e. The fourth-order valence-corrected chi connectivity index (χ4v) is 3.92. The Hall–Kier alpha value is -4.41. The number of anilines is 2. The van der Waals surface area contributed by atoms with Crippen LogP contribution in [0, 0.1) is 0 Å². The van der Waals surface area contributed by atoms with Gasteiger partial charge in [-0.25, -0.2) is 9.69 Å². The SMILES string of the molecule is CCc1cc(N2C(=O)CN(c3cncc(C(F)(F)F)c3)C2=O)ccc1Oc1cncc2[nH]ccc12. The normalized spacial score (nSPS) is 14.3. The lowest BCUT2D eigenvalue weighted by molar-refractivity contribution is -0.137. The Kier molecular flexibility index (Phi) is 5.39. The largest absolute Gasteiger partial charge is 0.455 e. The number of pyridine rings is 2. The Morgan fingerprint density at radius 3 is 2.57 bits per heavy atom. The predicted octanol–water partition coefficient (Wildman–Crippen LogP) is 5.30. The lowest BCUT2D eigenvalue weighted by atomic mass is 10.1. The van der Waals surface area contributed by atoms with Gasteiger partial charge < -0.3 is 9.72 Å². The summed E-state index contributed by atoms with van der Waals surface area (Å²) in [5.41, 5.74) is 0.730. The summed E-state index contributed by atoms with van der Waals surface area (Å²) >= 11 is 0. The number of fused-ring (bicyclic) bond motifs is 1. The number of nitrogens with one attached hydrogen (secondary N) is 1. The number of ether oxygens (including phenoxy) is 1. The predicted molar refractivity (Wildman–Crippen MR) is 121 cm³/mol. The van der Waals surface area contributed by atoms with Crippen molar-refractivity contribution in [1.82, 2.24) is 15.0 Å². The van der Waals surface area contributed by atoms with Crippen molar-refractivity contribution in [1.29, 1.82) is 0 Å². The van der Waals surface area contributed by atoms with Crippen LogP contribution in [0.5, 0.6) is 11.5 Å². The van der Waals surface area contributed by atoms with E-state index in [-0.39, 0.29) is 5.69 Å². The highest BCUT2D eigenvalue weighted by molar-refractivity contribution is 6.27. The quantitative estimate of drug-likeness (QED) is 0.391. The van der Waals surface area contributed by atoms with Crippen LogP contribution in [0.15, 0.2) is 61.3 Å². The van der Waals surface area contributed by atoms with Crippen molar-refractivity contribution >= 4 is 34.2 Å². The van der Waals surface area contributed by atoms with Gasteiger partial charge in [-0.2, -0.15) is 13.2 Å². The van der Waals surface area contributed by atoms with E-state index in [2.05, 4.69) is 15.0 Å². The fourth-order valence-electron chi connectivity index (χ4n) is 3.92. The first-order valence-electron chi connectivity index (χ1n) is 10.6. The van der Waals surface area contributed by atoms with Gasteiger partial charge in [0, 0.05) is 17.8 Å². The molecule has 8 nitrogen and oxygen atoms in total. The van der Waals surface area contributed by atoms with Crippen LogP contribution in [-0.2, 0) is 17.4 Å². The molecule has 0 aliphatic carbocycles. The Morgan fingerprint density at radius 1 is 1.00 bits per heavy atom. The highest BCUT2D eigenvalue weighted by Crippen LogP contribution is 2.36. The van der Waals surface area contributed by atoms with Crippen LogP contribution in [0.1, 0.15) is 18.1 Å². The third kappa shape index (κ3) is 4.05. The van der Waals surface area contributed by atoms with E-state index in [1.165, 1.54) is 0 Å². The van der Waals surface area contributed by atoms with Gasteiger partial charge in [-0.15, -0.1) is 0 Å². The maximum atomic E-state index is 13.1. The van der Waals surface area contributed by atoms with E-state index in [1.807, 2.05) is 13.0 Å². The summed E-state index contributed by atoms with van der Waals surface area (Å²) in [7, 11) is 0. The van der Waals surface area contributed by atoms with Crippen molar-refractivity contribution in [3.8, 4) is 11.5 Å². The highest BCUT2D eigenvalue weighted by atomic mass is 19.4. The highest BCUT2D eigenvalue weighted by Gasteiger charge is 2.39. The first-order valence-corrected chi connectivity index (χ1v) is 10.6. The van der Waals surface area contributed by atoms with Gasteiger partial charge in [-0.1, -0.05) is 6.92 Å². The smallest absolute Gasteiger partial charge is 0.417 e. The molecular weight excluding hydrogens is 463 g/mol. The van der Waals surface area contributed by atoms with E-state index in [1.54, 1.807) is 36.8 Å². The molecule has 35 heavy (non-hydrogen) atoms. The van der Waals surface area contributed by atoms with Crippen LogP contribution in [0.4, 0.5) is 29.3 Å². The standard InChI is InChI=1S/C24H18F3N5O3/c1-2-14-7-16(3-4-20(14)35-21-12-29-11-19-18(21)5-6-30-19)32-22(33)13-31(23(32)34)17-8-15(9-28-10-17)24(25,26)27/h3-12,30H,2,13H2,1H3.